The summed E-state index contributed by atoms with van der Waals surface area (Å²) in [5.74, 6) is -1.95. The summed E-state index contributed by atoms with van der Waals surface area (Å²) in [6, 6.07) is 2.84. The van der Waals surface area contributed by atoms with E-state index in [0.717, 1.165) is 18.6 Å². The lowest BCUT2D eigenvalue weighted by Crippen LogP contribution is -2.54. The quantitative estimate of drug-likeness (QED) is 0.848. The van der Waals surface area contributed by atoms with Gasteiger partial charge in [-0.25, -0.2) is 8.78 Å². The molecule has 5 heteroatoms. The molecule has 1 saturated heterocycles. The maximum absolute atomic E-state index is 13.6. The van der Waals surface area contributed by atoms with Crippen molar-refractivity contribution in [2.75, 3.05) is 13.1 Å². The van der Waals surface area contributed by atoms with Crippen LogP contribution in [0.5, 0.6) is 0 Å². The molecule has 0 spiro atoms. The summed E-state index contributed by atoms with van der Waals surface area (Å²) < 4.78 is 26.4. The minimum Gasteiger partial charge on any atom is -0.337 e. The molecule has 104 valence electrons. The molecule has 1 aliphatic heterocycles. The van der Waals surface area contributed by atoms with E-state index in [1.165, 1.54) is 11.0 Å². The Morgan fingerprint density at radius 2 is 2.11 bits per heavy atom. The Kier molecular flexibility index (Phi) is 3.58. The lowest BCUT2D eigenvalue weighted by molar-refractivity contribution is 0.0571. The zero-order valence-corrected chi connectivity index (χ0v) is 11.1. The van der Waals surface area contributed by atoms with Gasteiger partial charge in [-0.2, -0.15) is 0 Å². The average molecular weight is 268 g/mol. The van der Waals surface area contributed by atoms with E-state index in [9.17, 15) is 13.6 Å². The van der Waals surface area contributed by atoms with Crippen molar-refractivity contribution in [1.29, 1.82) is 0 Å². The van der Waals surface area contributed by atoms with E-state index in [-0.39, 0.29) is 17.0 Å². The van der Waals surface area contributed by atoms with E-state index in [2.05, 4.69) is 13.8 Å². The zero-order chi connectivity index (χ0) is 14.2. The molecule has 1 aliphatic rings. The SMILES string of the molecule is CC1(C)CCN(C(=O)c2ccc(F)cc2F)CC1N. The molecule has 0 bridgehead atoms. The number of nitrogens with two attached hydrogens (primary N) is 1. The van der Waals surface area contributed by atoms with Crippen LogP contribution in [0.3, 0.4) is 0 Å². The first-order valence-corrected chi connectivity index (χ1v) is 6.31. The predicted octanol–water partition coefficient (Wildman–Crippen LogP) is 2.16. The van der Waals surface area contributed by atoms with E-state index in [1.807, 2.05) is 0 Å². The lowest BCUT2D eigenvalue weighted by atomic mass is 9.78. The van der Waals surface area contributed by atoms with Crippen molar-refractivity contribution in [2.45, 2.75) is 26.3 Å². The molecule has 1 atom stereocenters. The van der Waals surface area contributed by atoms with Crippen LogP contribution < -0.4 is 5.73 Å². The number of piperidine rings is 1. The number of carbonyl (C=O) groups excluding carboxylic acids is 1. The molecule has 2 N–H and O–H groups in total. The second-order valence-corrected chi connectivity index (χ2v) is 5.72. The van der Waals surface area contributed by atoms with Gasteiger partial charge < -0.3 is 10.6 Å². The van der Waals surface area contributed by atoms with Crippen molar-refractivity contribution in [2.24, 2.45) is 11.1 Å². The number of hydrogen-bond donors (Lipinski definition) is 1. The van der Waals surface area contributed by atoms with E-state index >= 15 is 0 Å². The molecule has 1 aromatic rings. The Morgan fingerprint density at radius 1 is 1.42 bits per heavy atom. The monoisotopic (exact) mass is 268 g/mol. The number of amides is 1. The zero-order valence-electron chi connectivity index (χ0n) is 11.1. The molecule has 1 aromatic carbocycles. The number of likely N-dealkylation sites (tertiary alicyclic amines) is 1. The summed E-state index contributed by atoms with van der Waals surface area (Å²) in [5, 5.41) is 0. The number of hydrogen-bond acceptors (Lipinski definition) is 2. The van der Waals surface area contributed by atoms with Crippen molar-refractivity contribution in [3.63, 3.8) is 0 Å². The fourth-order valence-corrected chi connectivity index (χ4v) is 2.20. The van der Waals surface area contributed by atoms with Gasteiger partial charge in [-0.3, -0.25) is 4.79 Å². The minimum absolute atomic E-state index is 0.0296. The highest BCUT2D eigenvalue weighted by molar-refractivity contribution is 5.94. The van der Waals surface area contributed by atoms with Gasteiger partial charge in [-0.15, -0.1) is 0 Å². The molecule has 1 amide bonds. The maximum atomic E-state index is 13.6. The van der Waals surface area contributed by atoms with Gasteiger partial charge in [0, 0.05) is 25.2 Å². The Labute approximate surface area is 111 Å². The smallest absolute Gasteiger partial charge is 0.256 e. The highest BCUT2D eigenvalue weighted by Gasteiger charge is 2.35. The molecule has 0 saturated carbocycles. The molecule has 0 aliphatic carbocycles. The van der Waals surface area contributed by atoms with Crippen LogP contribution in [0.2, 0.25) is 0 Å². The highest BCUT2D eigenvalue weighted by Crippen LogP contribution is 2.29. The third-order valence-corrected chi connectivity index (χ3v) is 3.90. The van der Waals surface area contributed by atoms with Crippen LogP contribution in [0.25, 0.3) is 0 Å². The van der Waals surface area contributed by atoms with Gasteiger partial charge >= 0.3 is 0 Å². The molecule has 3 nitrogen and oxygen atoms in total. The second-order valence-electron chi connectivity index (χ2n) is 5.72. The van der Waals surface area contributed by atoms with Crippen LogP contribution in [0.4, 0.5) is 8.78 Å². The molecule has 0 aromatic heterocycles. The van der Waals surface area contributed by atoms with Crippen LogP contribution in [0.15, 0.2) is 18.2 Å². The Morgan fingerprint density at radius 3 is 2.68 bits per heavy atom. The van der Waals surface area contributed by atoms with E-state index in [1.54, 1.807) is 0 Å². The molecule has 2 rings (SSSR count). The summed E-state index contributed by atoms with van der Waals surface area (Å²) in [7, 11) is 0. The van der Waals surface area contributed by atoms with Crippen molar-refractivity contribution in [3.8, 4) is 0 Å². The first-order chi connectivity index (χ1) is 8.81. The van der Waals surface area contributed by atoms with Gasteiger partial charge in [0.1, 0.15) is 11.6 Å². The minimum atomic E-state index is -0.830. The van der Waals surface area contributed by atoms with Crippen LogP contribution in [-0.2, 0) is 0 Å². The second kappa shape index (κ2) is 4.89. The molecule has 19 heavy (non-hydrogen) atoms. The van der Waals surface area contributed by atoms with Gasteiger partial charge in [0.05, 0.1) is 5.56 Å². The van der Waals surface area contributed by atoms with Gasteiger partial charge in [-0.05, 0) is 24.0 Å². The lowest BCUT2D eigenvalue weighted by Gasteiger charge is -2.42. The molecule has 0 radical (unpaired) electrons. The summed E-state index contributed by atoms with van der Waals surface area (Å²) in [4.78, 5) is 13.7. The van der Waals surface area contributed by atoms with E-state index in [0.29, 0.717) is 13.1 Å². The topological polar surface area (TPSA) is 46.3 Å². The maximum Gasteiger partial charge on any atom is 0.256 e. The summed E-state index contributed by atoms with van der Waals surface area (Å²) >= 11 is 0. The molecule has 1 fully saturated rings. The summed E-state index contributed by atoms with van der Waals surface area (Å²) in [6.45, 7) is 5.04. The van der Waals surface area contributed by atoms with Crippen LogP contribution in [0.1, 0.15) is 30.6 Å². The Hall–Kier alpha value is -1.49. The first kappa shape index (κ1) is 13.9. The highest BCUT2D eigenvalue weighted by atomic mass is 19.1. The summed E-state index contributed by atoms with van der Waals surface area (Å²) in [6.07, 6.45) is 0.767. The Balaban J connectivity index is 2.17. The van der Waals surface area contributed by atoms with Crippen LogP contribution >= 0.6 is 0 Å². The average Bonchev–Trinajstić information content (AvgIpc) is 2.32. The van der Waals surface area contributed by atoms with Gasteiger partial charge in [0.25, 0.3) is 5.91 Å². The van der Waals surface area contributed by atoms with Crippen molar-refractivity contribution < 1.29 is 13.6 Å². The van der Waals surface area contributed by atoms with Crippen molar-refractivity contribution >= 4 is 5.91 Å². The molecular formula is C14H18F2N2O. The predicted molar refractivity (Wildman–Crippen MR) is 68.6 cm³/mol. The first-order valence-electron chi connectivity index (χ1n) is 6.31. The number of carbonyl (C=O) groups is 1. The standard InChI is InChI=1S/C14H18F2N2O/c1-14(2)5-6-18(8-12(14)17)13(19)10-4-3-9(15)7-11(10)16/h3-4,7,12H,5-6,8,17H2,1-2H3. The number of benzene rings is 1. The molecule has 1 heterocycles. The third-order valence-electron chi connectivity index (χ3n) is 3.90. The van der Waals surface area contributed by atoms with E-state index < -0.39 is 17.5 Å². The number of halogens is 2. The molecule has 1 unspecified atom stereocenters. The fourth-order valence-electron chi connectivity index (χ4n) is 2.20. The third kappa shape index (κ3) is 2.76. The number of rotatable bonds is 1. The van der Waals surface area contributed by atoms with Gasteiger partial charge in [-0.1, -0.05) is 13.8 Å². The van der Waals surface area contributed by atoms with Crippen LogP contribution in [0, 0.1) is 17.0 Å². The normalized spacial score (nSPS) is 22.4. The van der Waals surface area contributed by atoms with Crippen molar-refractivity contribution in [1.82, 2.24) is 4.90 Å². The van der Waals surface area contributed by atoms with Crippen molar-refractivity contribution in [3.05, 3.63) is 35.4 Å². The molecular weight excluding hydrogens is 250 g/mol. The summed E-state index contributed by atoms with van der Waals surface area (Å²) in [5.41, 5.74) is 5.90. The van der Waals surface area contributed by atoms with E-state index in [4.69, 9.17) is 5.73 Å². The largest absolute Gasteiger partial charge is 0.337 e. The van der Waals surface area contributed by atoms with Crippen LogP contribution in [-0.4, -0.2) is 29.9 Å². The van der Waals surface area contributed by atoms with Gasteiger partial charge in [0.15, 0.2) is 0 Å². The Bertz CT molecular complexity index is 502. The van der Waals surface area contributed by atoms with Gasteiger partial charge in [0.2, 0.25) is 0 Å². The number of nitrogens with zero attached hydrogens (tertiary/aromatic N) is 1. The fraction of sp³-hybridized carbons (Fsp3) is 0.500.